The van der Waals surface area contributed by atoms with Crippen LogP contribution in [-0.2, 0) is 4.74 Å². The number of halogens is 1. The molecule has 0 aliphatic rings. The van der Waals surface area contributed by atoms with E-state index >= 15 is 0 Å². The van der Waals surface area contributed by atoms with Gasteiger partial charge in [-0.2, -0.15) is 5.26 Å². The van der Waals surface area contributed by atoms with Gasteiger partial charge in [0.1, 0.15) is 0 Å². The molecule has 1 aromatic carbocycles. The molecular weight excluding hydrogens is 355 g/mol. The number of benzene rings is 1. The van der Waals surface area contributed by atoms with Crippen molar-refractivity contribution < 1.29 is 19.2 Å². The lowest BCUT2D eigenvalue weighted by Crippen LogP contribution is -2.12. The van der Waals surface area contributed by atoms with Crippen LogP contribution in [0.5, 0.6) is 5.75 Å². The molecule has 0 amide bonds. The second-order valence-corrected chi connectivity index (χ2v) is 4.12. The van der Waals surface area contributed by atoms with Crippen LogP contribution in [0.25, 0.3) is 0 Å². The largest absolute Gasteiger partial charge is 0.514 e. The number of nitrogens with zero attached hydrogens (tertiary/aromatic N) is 2. The van der Waals surface area contributed by atoms with Crippen LogP contribution in [0.3, 0.4) is 0 Å². The van der Waals surface area contributed by atoms with Crippen molar-refractivity contribution in [3.05, 3.63) is 31.4 Å². The third-order valence-electron chi connectivity index (χ3n) is 1.80. The van der Waals surface area contributed by atoms with Crippen LogP contribution in [0.15, 0.2) is 12.1 Å². The molecule has 0 saturated carbocycles. The molecule has 0 radical (unpaired) electrons. The molecule has 1 rings (SSSR count). The van der Waals surface area contributed by atoms with Gasteiger partial charge in [-0.1, -0.05) is 0 Å². The number of nitro benzene ring substituents is 1. The Morgan fingerprint density at radius 2 is 2.28 bits per heavy atom. The summed E-state index contributed by atoms with van der Waals surface area (Å²) in [6.45, 7) is 1.68. The van der Waals surface area contributed by atoms with Crippen LogP contribution in [0.2, 0.25) is 0 Å². The van der Waals surface area contributed by atoms with Crippen LogP contribution in [0.1, 0.15) is 12.5 Å². The van der Waals surface area contributed by atoms with E-state index in [0.29, 0.717) is 0 Å². The Balaban J connectivity index is 3.21. The van der Waals surface area contributed by atoms with Gasteiger partial charge in [-0.15, -0.1) is 0 Å². The summed E-state index contributed by atoms with van der Waals surface area (Å²) in [5.41, 5.74) is -0.339. The number of nitriles is 1. The van der Waals surface area contributed by atoms with Gasteiger partial charge in [0, 0.05) is 6.07 Å². The number of rotatable bonds is 3. The van der Waals surface area contributed by atoms with Crippen molar-refractivity contribution in [2.45, 2.75) is 6.92 Å². The zero-order chi connectivity index (χ0) is 13.7. The summed E-state index contributed by atoms with van der Waals surface area (Å²) in [6, 6.07) is 4.20. The third kappa shape index (κ3) is 3.30. The fraction of sp³-hybridized carbons (Fsp3) is 0.200. The lowest BCUT2D eigenvalue weighted by molar-refractivity contribution is -0.385. The highest BCUT2D eigenvalue weighted by Gasteiger charge is 2.23. The van der Waals surface area contributed by atoms with Crippen molar-refractivity contribution in [2.24, 2.45) is 0 Å². The maximum Gasteiger partial charge on any atom is 0.514 e. The molecule has 0 aromatic heterocycles. The Morgan fingerprint density at radius 1 is 1.61 bits per heavy atom. The normalized spacial score (nSPS) is 9.39. The number of hydrogen-bond acceptors (Lipinski definition) is 6. The first kappa shape index (κ1) is 14.2. The van der Waals surface area contributed by atoms with E-state index in [2.05, 4.69) is 4.74 Å². The van der Waals surface area contributed by atoms with E-state index in [0.717, 1.165) is 6.07 Å². The first-order valence-corrected chi connectivity index (χ1v) is 5.80. The lowest BCUT2D eigenvalue weighted by atomic mass is 10.2. The Morgan fingerprint density at radius 3 is 2.78 bits per heavy atom. The van der Waals surface area contributed by atoms with E-state index in [1.54, 1.807) is 35.6 Å². The minimum absolute atomic E-state index is 0.0967. The minimum Gasteiger partial charge on any atom is -0.434 e. The van der Waals surface area contributed by atoms with Gasteiger partial charge < -0.3 is 9.47 Å². The van der Waals surface area contributed by atoms with Gasteiger partial charge in [0.25, 0.3) is 0 Å². The number of ether oxygens (including phenoxy) is 2. The monoisotopic (exact) mass is 362 g/mol. The van der Waals surface area contributed by atoms with Crippen molar-refractivity contribution >= 4 is 34.4 Å². The standard InChI is InChI=1S/C10H7IN2O5/c1-2-17-10(14)18-9-7(11)3-6(5-12)4-8(9)13(15)16/h3-4H,2H2,1H3. The van der Waals surface area contributed by atoms with Crippen molar-refractivity contribution in [3.63, 3.8) is 0 Å². The van der Waals surface area contributed by atoms with Crippen LogP contribution in [0.4, 0.5) is 10.5 Å². The van der Waals surface area contributed by atoms with Crippen LogP contribution < -0.4 is 4.74 Å². The average Bonchev–Trinajstić information content (AvgIpc) is 2.31. The average molecular weight is 362 g/mol. The van der Waals surface area contributed by atoms with Crippen molar-refractivity contribution in [2.75, 3.05) is 6.61 Å². The Kier molecular flexibility index (Phi) is 4.85. The molecular formula is C10H7IN2O5. The smallest absolute Gasteiger partial charge is 0.434 e. The highest BCUT2D eigenvalue weighted by atomic mass is 127. The third-order valence-corrected chi connectivity index (χ3v) is 2.60. The number of hydrogen-bond donors (Lipinski definition) is 0. The quantitative estimate of drug-likeness (QED) is 0.269. The summed E-state index contributed by atoms with van der Waals surface area (Å²) in [6.07, 6.45) is -1.02. The summed E-state index contributed by atoms with van der Waals surface area (Å²) in [7, 11) is 0. The highest BCUT2D eigenvalue weighted by Crippen LogP contribution is 2.33. The number of nitro groups is 1. The summed E-state index contributed by atoms with van der Waals surface area (Å²) in [4.78, 5) is 21.3. The molecule has 0 bridgehead atoms. The molecule has 0 fully saturated rings. The molecule has 0 heterocycles. The minimum atomic E-state index is -1.02. The summed E-state index contributed by atoms with van der Waals surface area (Å²) >= 11 is 1.74. The molecule has 8 heteroatoms. The molecule has 1 aromatic rings. The van der Waals surface area contributed by atoms with Gasteiger partial charge in [0.15, 0.2) is 0 Å². The summed E-state index contributed by atoms with van der Waals surface area (Å²) in [5.74, 6) is -0.224. The summed E-state index contributed by atoms with van der Waals surface area (Å²) < 4.78 is 9.58. The zero-order valence-corrected chi connectivity index (χ0v) is 11.3. The van der Waals surface area contributed by atoms with Crippen LogP contribution in [-0.4, -0.2) is 17.7 Å². The lowest BCUT2D eigenvalue weighted by Gasteiger charge is -2.06. The van der Waals surface area contributed by atoms with E-state index < -0.39 is 16.8 Å². The topological polar surface area (TPSA) is 102 Å². The maximum atomic E-state index is 11.2. The molecule has 0 aliphatic heterocycles. The molecule has 7 nitrogen and oxygen atoms in total. The fourth-order valence-corrected chi connectivity index (χ4v) is 1.83. The van der Waals surface area contributed by atoms with Gasteiger partial charge in [-0.25, -0.2) is 4.79 Å². The van der Waals surface area contributed by atoms with Gasteiger partial charge in [-0.05, 0) is 35.6 Å². The molecule has 0 unspecified atom stereocenters. The van der Waals surface area contributed by atoms with E-state index in [9.17, 15) is 14.9 Å². The van der Waals surface area contributed by atoms with E-state index in [1.807, 2.05) is 0 Å². The van der Waals surface area contributed by atoms with E-state index in [-0.39, 0.29) is 21.5 Å². The predicted molar refractivity (Wildman–Crippen MR) is 68.2 cm³/mol. The highest BCUT2D eigenvalue weighted by molar-refractivity contribution is 14.1. The van der Waals surface area contributed by atoms with E-state index in [4.69, 9.17) is 10.00 Å². The Hall–Kier alpha value is -1.89. The number of carbonyl (C=O) groups is 1. The van der Waals surface area contributed by atoms with Gasteiger partial charge in [0.05, 0.1) is 26.7 Å². The van der Waals surface area contributed by atoms with Gasteiger partial charge in [0.2, 0.25) is 5.75 Å². The molecule has 0 N–H and O–H groups in total. The second-order valence-electron chi connectivity index (χ2n) is 2.96. The maximum absolute atomic E-state index is 11.2. The van der Waals surface area contributed by atoms with Crippen molar-refractivity contribution in [1.82, 2.24) is 0 Å². The van der Waals surface area contributed by atoms with E-state index in [1.165, 1.54) is 6.07 Å². The number of carbonyl (C=O) groups excluding carboxylic acids is 1. The molecule has 94 valence electrons. The van der Waals surface area contributed by atoms with Crippen molar-refractivity contribution in [1.29, 1.82) is 5.26 Å². The molecule has 0 saturated heterocycles. The van der Waals surface area contributed by atoms with Crippen LogP contribution >= 0.6 is 22.6 Å². The molecule has 0 atom stereocenters. The molecule has 0 spiro atoms. The Bertz CT molecular complexity index is 538. The summed E-state index contributed by atoms with van der Waals surface area (Å²) in [5, 5.41) is 19.6. The molecule has 0 aliphatic carbocycles. The Labute approximate surface area is 116 Å². The predicted octanol–water partition coefficient (Wildman–Crippen LogP) is 2.61. The second kappa shape index (κ2) is 6.15. The first-order valence-electron chi connectivity index (χ1n) is 4.72. The van der Waals surface area contributed by atoms with Crippen LogP contribution in [0, 0.1) is 25.0 Å². The fourth-order valence-electron chi connectivity index (χ4n) is 1.11. The van der Waals surface area contributed by atoms with Gasteiger partial charge in [-0.3, -0.25) is 10.1 Å². The molecule has 18 heavy (non-hydrogen) atoms. The van der Waals surface area contributed by atoms with Crippen molar-refractivity contribution in [3.8, 4) is 11.8 Å². The SMILES string of the molecule is CCOC(=O)Oc1c(I)cc(C#N)cc1[N+](=O)[O-]. The van der Waals surface area contributed by atoms with Gasteiger partial charge >= 0.3 is 11.8 Å². The zero-order valence-electron chi connectivity index (χ0n) is 9.18. The first-order chi connectivity index (χ1) is 8.49.